The number of hydrogen-bond acceptors (Lipinski definition) is 5. The summed E-state index contributed by atoms with van der Waals surface area (Å²) in [4.78, 5) is 47.4. The molecule has 8 nitrogen and oxygen atoms in total. The largest absolute Gasteiger partial charge is 0.480 e. The highest BCUT2D eigenvalue weighted by atomic mass is 16.6. The highest BCUT2D eigenvalue weighted by Crippen LogP contribution is 2.10. The number of alkyl carbamates (subject to hydrolysis) is 1. The van der Waals surface area contributed by atoms with E-state index in [0.29, 0.717) is 0 Å². The summed E-state index contributed by atoms with van der Waals surface area (Å²) in [6, 6.07) is -1.36. The third kappa shape index (κ3) is 6.11. The molecule has 2 N–H and O–H groups in total. The van der Waals surface area contributed by atoms with Crippen molar-refractivity contribution >= 4 is 23.8 Å². The highest BCUT2D eigenvalue weighted by molar-refractivity contribution is 5.88. The number of nitrogens with one attached hydrogen (secondary N) is 1. The third-order valence-electron chi connectivity index (χ3n) is 3.04. The Labute approximate surface area is 128 Å². The molecule has 0 aromatic carbocycles. The molecule has 0 radical (unpaired) electrons. The van der Waals surface area contributed by atoms with Gasteiger partial charge in [-0.3, -0.25) is 9.59 Å². The molecule has 0 aromatic heterocycles. The van der Waals surface area contributed by atoms with Gasteiger partial charge in [-0.25, -0.2) is 9.59 Å². The lowest BCUT2D eigenvalue weighted by molar-refractivity contribution is -0.144. The molecule has 0 bridgehead atoms. The normalized spacial score (nSPS) is 16.9. The fraction of sp³-hybridized carbons (Fsp3) is 0.714. The zero-order valence-electron chi connectivity index (χ0n) is 13.0. The van der Waals surface area contributed by atoms with E-state index in [1.165, 1.54) is 4.90 Å². The van der Waals surface area contributed by atoms with Crippen LogP contribution in [0.25, 0.3) is 0 Å². The zero-order chi connectivity index (χ0) is 16.9. The Bertz CT molecular complexity index is 458. The second-order valence-corrected chi connectivity index (χ2v) is 6.16. The Morgan fingerprint density at radius 1 is 1.27 bits per heavy atom. The lowest BCUT2D eigenvalue weighted by atomic mass is 10.1. The first-order valence-corrected chi connectivity index (χ1v) is 7.10. The molecule has 1 saturated heterocycles. The maximum atomic E-state index is 12.0. The molecule has 8 heteroatoms. The van der Waals surface area contributed by atoms with Crippen molar-refractivity contribution in [2.45, 2.75) is 51.7 Å². The van der Waals surface area contributed by atoms with Crippen LogP contribution in [0.2, 0.25) is 0 Å². The Balaban J connectivity index is 2.57. The SMILES string of the molecule is CC(C)(C)OC(=O)NC(CC(=O)N1CCC(=O)CC1)C(=O)O. The summed E-state index contributed by atoms with van der Waals surface area (Å²) in [5, 5.41) is 11.3. The molecule has 1 aliphatic rings. The van der Waals surface area contributed by atoms with Crippen LogP contribution in [0.1, 0.15) is 40.0 Å². The Hall–Kier alpha value is -2.12. The van der Waals surface area contributed by atoms with Crippen LogP contribution >= 0.6 is 0 Å². The molecule has 0 aromatic rings. The number of likely N-dealkylation sites (tertiary alicyclic amines) is 1. The number of rotatable bonds is 4. The molecule has 0 spiro atoms. The molecule has 1 atom stereocenters. The summed E-state index contributed by atoms with van der Waals surface area (Å²) in [6.45, 7) is 5.53. The number of ether oxygens (including phenoxy) is 1. The van der Waals surface area contributed by atoms with Gasteiger partial charge in [0.15, 0.2) is 0 Å². The van der Waals surface area contributed by atoms with E-state index in [4.69, 9.17) is 9.84 Å². The van der Waals surface area contributed by atoms with E-state index in [2.05, 4.69) is 5.32 Å². The van der Waals surface area contributed by atoms with Crippen LogP contribution in [0.3, 0.4) is 0 Å². The van der Waals surface area contributed by atoms with E-state index in [0.717, 1.165) is 0 Å². The van der Waals surface area contributed by atoms with Crippen molar-refractivity contribution in [3.8, 4) is 0 Å². The minimum Gasteiger partial charge on any atom is -0.480 e. The molecular weight excluding hydrogens is 292 g/mol. The summed E-state index contributed by atoms with van der Waals surface area (Å²) in [7, 11) is 0. The van der Waals surface area contributed by atoms with Gasteiger partial charge in [0, 0.05) is 25.9 Å². The topological polar surface area (TPSA) is 113 Å². The first-order valence-electron chi connectivity index (χ1n) is 7.10. The zero-order valence-corrected chi connectivity index (χ0v) is 13.0. The first-order chi connectivity index (χ1) is 10.1. The monoisotopic (exact) mass is 314 g/mol. The van der Waals surface area contributed by atoms with E-state index in [9.17, 15) is 19.2 Å². The van der Waals surface area contributed by atoms with Gasteiger partial charge in [-0.2, -0.15) is 0 Å². The smallest absolute Gasteiger partial charge is 0.408 e. The average molecular weight is 314 g/mol. The van der Waals surface area contributed by atoms with Crippen LogP contribution in [0.15, 0.2) is 0 Å². The predicted octanol–water partition coefficient (Wildman–Crippen LogP) is 0.546. The minimum absolute atomic E-state index is 0.0886. The number of nitrogens with zero attached hydrogens (tertiary/aromatic N) is 1. The third-order valence-corrected chi connectivity index (χ3v) is 3.04. The van der Waals surface area contributed by atoms with E-state index in [-0.39, 0.29) is 38.1 Å². The minimum atomic E-state index is -1.36. The Kier molecular flexibility index (Phi) is 5.90. The number of aliphatic carboxylic acids is 1. The molecule has 1 unspecified atom stereocenters. The van der Waals surface area contributed by atoms with Crippen LogP contribution in [0.4, 0.5) is 4.79 Å². The standard InChI is InChI=1S/C14H22N2O6/c1-14(2,3)22-13(21)15-10(12(19)20)8-11(18)16-6-4-9(17)5-7-16/h10H,4-8H2,1-3H3,(H,15,21)(H,19,20). The molecular formula is C14H22N2O6. The molecule has 124 valence electrons. The fourth-order valence-electron chi connectivity index (χ4n) is 1.96. The molecule has 22 heavy (non-hydrogen) atoms. The molecule has 1 heterocycles. The van der Waals surface area contributed by atoms with Crippen LogP contribution in [-0.2, 0) is 19.1 Å². The lowest BCUT2D eigenvalue weighted by Gasteiger charge is -2.27. The lowest BCUT2D eigenvalue weighted by Crippen LogP contribution is -2.47. The van der Waals surface area contributed by atoms with Gasteiger partial charge in [-0.05, 0) is 20.8 Å². The summed E-state index contributed by atoms with van der Waals surface area (Å²) in [5.74, 6) is -1.63. The van der Waals surface area contributed by atoms with Gasteiger partial charge in [-0.15, -0.1) is 0 Å². The summed E-state index contributed by atoms with van der Waals surface area (Å²) in [6.07, 6.45) is -0.698. The van der Waals surface area contributed by atoms with Gasteiger partial charge < -0.3 is 20.1 Å². The van der Waals surface area contributed by atoms with Crippen molar-refractivity contribution in [3.05, 3.63) is 0 Å². The second kappa shape index (κ2) is 7.24. The van der Waals surface area contributed by atoms with Gasteiger partial charge in [0.25, 0.3) is 0 Å². The number of carboxylic acids is 1. The second-order valence-electron chi connectivity index (χ2n) is 6.16. The number of carbonyl (C=O) groups is 4. The van der Waals surface area contributed by atoms with E-state index >= 15 is 0 Å². The maximum Gasteiger partial charge on any atom is 0.408 e. The van der Waals surface area contributed by atoms with Crippen molar-refractivity contribution in [1.82, 2.24) is 10.2 Å². The average Bonchev–Trinajstić information content (AvgIpc) is 2.36. The quantitative estimate of drug-likeness (QED) is 0.783. The number of amides is 2. The molecule has 1 fully saturated rings. The fourth-order valence-corrected chi connectivity index (χ4v) is 1.96. The Morgan fingerprint density at radius 2 is 1.82 bits per heavy atom. The number of hydrogen-bond donors (Lipinski definition) is 2. The van der Waals surface area contributed by atoms with Crippen LogP contribution in [0.5, 0.6) is 0 Å². The van der Waals surface area contributed by atoms with Gasteiger partial charge in [-0.1, -0.05) is 0 Å². The van der Waals surface area contributed by atoms with Crippen molar-refractivity contribution in [1.29, 1.82) is 0 Å². The number of Topliss-reactive ketones (excluding diaryl/α,β-unsaturated/α-hetero) is 1. The predicted molar refractivity (Wildman–Crippen MR) is 76.2 cm³/mol. The Morgan fingerprint density at radius 3 is 2.27 bits per heavy atom. The van der Waals surface area contributed by atoms with Crippen LogP contribution in [0, 0.1) is 0 Å². The van der Waals surface area contributed by atoms with Crippen LogP contribution in [-0.4, -0.2) is 58.5 Å². The van der Waals surface area contributed by atoms with E-state index in [1.807, 2.05) is 0 Å². The van der Waals surface area contributed by atoms with Crippen molar-refractivity contribution in [3.63, 3.8) is 0 Å². The van der Waals surface area contributed by atoms with Crippen molar-refractivity contribution in [2.75, 3.05) is 13.1 Å². The van der Waals surface area contributed by atoms with Crippen LogP contribution < -0.4 is 5.32 Å². The summed E-state index contributed by atoms with van der Waals surface area (Å²) < 4.78 is 4.98. The molecule has 1 rings (SSSR count). The number of carboxylic acid groups (broad SMARTS) is 1. The van der Waals surface area contributed by atoms with E-state index < -0.39 is 29.6 Å². The summed E-state index contributed by atoms with van der Waals surface area (Å²) in [5.41, 5.74) is -0.760. The van der Waals surface area contributed by atoms with E-state index in [1.54, 1.807) is 20.8 Å². The first kappa shape index (κ1) is 17.9. The van der Waals surface area contributed by atoms with Gasteiger partial charge >= 0.3 is 12.1 Å². The highest BCUT2D eigenvalue weighted by Gasteiger charge is 2.29. The number of piperidine rings is 1. The number of carbonyl (C=O) groups excluding carboxylic acids is 3. The molecule has 2 amide bonds. The summed E-state index contributed by atoms with van der Waals surface area (Å²) >= 11 is 0. The number of ketones is 1. The molecule has 1 aliphatic heterocycles. The van der Waals surface area contributed by atoms with Crippen molar-refractivity contribution < 1.29 is 29.0 Å². The van der Waals surface area contributed by atoms with Gasteiger partial charge in [0.2, 0.25) is 5.91 Å². The molecule has 0 aliphatic carbocycles. The van der Waals surface area contributed by atoms with Crippen molar-refractivity contribution in [2.24, 2.45) is 0 Å². The maximum absolute atomic E-state index is 12.0. The van der Waals surface area contributed by atoms with Gasteiger partial charge in [0.1, 0.15) is 17.4 Å². The van der Waals surface area contributed by atoms with Gasteiger partial charge in [0.05, 0.1) is 6.42 Å². The molecule has 0 saturated carbocycles.